The molecule has 0 spiro atoms. The Labute approximate surface area is 134 Å². The van der Waals surface area contributed by atoms with Gasteiger partial charge in [0.05, 0.1) is 6.04 Å². The van der Waals surface area contributed by atoms with Gasteiger partial charge in [0.25, 0.3) is 0 Å². The molecule has 0 aromatic heterocycles. The highest BCUT2D eigenvalue weighted by Crippen LogP contribution is 2.74. The van der Waals surface area contributed by atoms with Crippen LogP contribution in [0.4, 0.5) is 18.9 Å². The molecular formula is C17H13BrF3N. The van der Waals surface area contributed by atoms with Crippen LogP contribution in [0.5, 0.6) is 0 Å². The quantitative estimate of drug-likeness (QED) is 0.695. The molecule has 1 nitrogen and oxygen atoms in total. The lowest BCUT2D eigenvalue weighted by atomic mass is 9.88. The van der Waals surface area contributed by atoms with Gasteiger partial charge < -0.3 is 4.90 Å². The normalized spacial score (nSPS) is 29.2. The van der Waals surface area contributed by atoms with Crippen molar-refractivity contribution in [3.05, 3.63) is 64.1 Å². The summed E-state index contributed by atoms with van der Waals surface area (Å²) in [6, 6.07) is 13.3. The second-order valence-electron chi connectivity index (χ2n) is 5.94. The Balaban J connectivity index is 1.95. The lowest BCUT2D eigenvalue weighted by molar-refractivity contribution is -0.163. The number of fused-ring (bicyclic) bond motifs is 3. The Hall–Kier alpha value is -1.49. The number of benzene rings is 2. The minimum absolute atomic E-state index is 0.353. The minimum Gasteiger partial charge on any atom is -0.369 e. The van der Waals surface area contributed by atoms with Crippen LogP contribution in [0.1, 0.15) is 17.0 Å². The summed E-state index contributed by atoms with van der Waals surface area (Å²) in [6.07, 6.45) is -4.29. The number of nitrogens with zero attached hydrogens (tertiary/aromatic N) is 1. The van der Waals surface area contributed by atoms with Crippen molar-refractivity contribution in [1.82, 2.24) is 0 Å². The summed E-state index contributed by atoms with van der Waals surface area (Å²) in [4.78, 5) is 1.78. The van der Waals surface area contributed by atoms with Crippen LogP contribution in [0.25, 0.3) is 0 Å². The standard InChI is InChI=1S/C17H13BrF3N/c1-22-12-9-5-8-11(18)13(12)14-15(22)16(14,17(19,20)21)10-6-3-2-4-7-10/h2-9,14-15H,1H3/t14-,15+,16+/m0/s1. The molecular weight excluding hydrogens is 355 g/mol. The van der Waals surface area contributed by atoms with E-state index in [0.717, 1.165) is 15.7 Å². The van der Waals surface area contributed by atoms with Gasteiger partial charge in [-0.2, -0.15) is 13.2 Å². The number of hydrogen-bond acceptors (Lipinski definition) is 1. The van der Waals surface area contributed by atoms with Gasteiger partial charge >= 0.3 is 6.18 Å². The monoisotopic (exact) mass is 367 g/mol. The van der Waals surface area contributed by atoms with Crippen molar-refractivity contribution in [2.75, 3.05) is 11.9 Å². The maximum Gasteiger partial charge on any atom is 0.401 e. The first kappa shape index (κ1) is 14.1. The molecule has 2 aromatic carbocycles. The van der Waals surface area contributed by atoms with Crippen LogP contribution in [-0.2, 0) is 5.41 Å². The summed E-state index contributed by atoms with van der Waals surface area (Å²) in [5, 5.41) is 0. The molecule has 1 heterocycles. The molecule has 0 saturated heterocycles. The highest BCUT2D eigenvalue weighted by molar-refractivity contribution is 9.10. The van der Waals surface area contributed by atoms with Crippen LogP contribution >= 0.6 is 15.9 Å². The van der Waals surface area contributed by atoms with Gasteiger partial charge in [0, 0.05) is 23.1 Å². The third-order valence-corrected chi connectivity index (χ3v) is 5.71. The summed E-state index contributed by atoms with van der Waals surface area (Å²) in [5.41, 5.74) is 0.210. The molecule has 2 aliphatic rings. The van der Waals surface area contributed by atoms with Crippen LogP contribution in [-0.4, -0.2) is 19.3 Å². The average Bonchev–Trinajstić information content (AvgIpc) is 3.09. The molecule has 2 aromatic rings. The molecule has 1 saturated carbocycles. The predicted molar refractivity (Wildman–Crippen MR) is 83.2 cm³/mol. The molecule has 0 bridgehead atoms. The van der Waals surface area contributed by atoms with Gasteiger partial charge in [0.1, 0.15) is 5.41 Å². The first-order valence-corrected chi connectivity index (χ1v) is 7.83. The zero-order chi connectivity index (χ0) is 15.7. The van der Waals surface area contributed by atoms with Crippen LogP contribution in [0.3, 0.4) is 0 Å². The van der Waals surface area contributed by atoms with Crippen molar-refractivity contribution in [3.63, 3.8) is 0 Å². The van der Waals surface area contributed by atoms with Crippen molar-refractivity contribution < 1.29 is 13.2 Å². The largest absolute Gasteiger partial charge is 0.401 e. The number of hydrogen-bond donors (Lipinski definition) is 0. The van der Waals surface area contributed by atoms with Crippen molar-refractivity contribution >= 4 is 21.6 Å². The van der Waals surface area contributed by atoms with E-state index in [4.69, 9.17) is 0 Å². The van der Waals surface area contributed by atoms with Gasteiger partial charge in [-0.1, -0.05) is 52.3 Å². The topological polar surface area (TPSA) is 3.24 Å². The van der Waals surface area contributed by atoms with E-state index in [1.54, 1.807) is 42.3 Å². The van der Waals surface area contributed by atoms with Gasteiger partial charge in [-0.05, 0) is 23.3 Å². The number of alkyl halides is 3. The van der Waals surface area contributed by atoms with Crippen LogP contribution < -0.4 is 4.90 Å². The third-order valence-electron chi connectivity index (χ3n) is 5.02. The molecule has 1 fully saturated rings. The highest BCUT2D eigenvalue weighted by Gasteiger charge is 2.83. The maximum atomic E-state index is 14.1. The fourth-order valence-electron chi connectivity index (χ4n) is 4.15. The minimum atomic E-state index is -4.29. The Kier molecular flexibility index (Phi) is 2.75. The van der Waals surface area contributed by atoms with E-state index in [1.165, 1.54) is 0 Å². The van der Waals surface area contributed by atoms with Crippen LogP contribution in [0.2, 0.25) is 0 Å². The van der Waals surface area contributed by atoms with Gasteiger partial charge in [0.15, 0.2) is 0 Å². The molecule has 22 heavy (non-hydrogen) atoms. The molecule has 114 valence electrons. The molecule has 0 N–H and O–H groups in total. The third kappa shape index (κ3) is 1.50. The predicted octanol–water partition coefficient (Wildman–Crippen LogP) is 4.87. The fraction of sp³-hybridized carbons (Fsp3) is 0.294. The highest BCUT2D eigenvalue weighted by atomic mass is 79.9. The SMILES string of the molecule is CN1c2cccc(Br)c2[C@H]2[C@@H]1[C@]2(c1ccccc1)C(F)(F)F. The van der Waals surface area contributed by atoms with E-state index in [1.807, 2.05) is 18.2 Å². The molecule has 0 unspecified atom stereocenters. The fourth-order valence-corrected chi connectivity index (χ4v) is 4.75. The Morgan fingerprint density at radius 2 is 1.73 bits per heavy atom. The Morgan fingerprint density at radius 3 is 2.36 bits per heavy atom. The van der Waals surface area contributed by atoms with E-state index in [2.05, 4.69) is 15.9 Å². The number of likely N-dealkylation sites (N-methyl/N-ethyl adjacent to an activating group) is 1. The summed E-state index contributed by atoms with van der Waals surface area (Å²) in [5.74, 6) is -0.550. The second-order valence-corrected chi connectivity index (χ2v) is 6.79. The van der Waals surface area contributed by atoms with Gasteiger partial charge in [-0.25, -0.2) is 0 Å². The summed E-state index contributed by atoms with van der Waals surface area (Å²) < 4.78 is 42.9. The maximum absolute atomic E-state index is 14.1. The average molecular weight is 368 g/mol. The molecule has 5 heteroatoms. The summed E-state index contributed by atoms with van der Waals surface area (Å²) in [7, 11) is 1.76. The van der Waals surface area contributed by atoms with Gasteiger partial charge in [0.2, 0.25) is 0 Å². The second kappa shape index (κ2) is 4.28. The number of anilines is 1. The van der Waals surface area contributed by atoms with E-state index >= 15 is 0 Å². The molecule has 3 atom stereocenters. The van der Waals surface area contributed by atoms with Crippen LogP contribution in [0, 0.1) is 0 Å². The zero-order valence-corrected chi connectivity index (χ0v) is 13.3. The lowest BCUT2D eigenvalue weighted by Crippen LogP contribution is -2.39. The molecule has 0 amide bonds. The molecule has 4 rings (SSSR count). The van der Waals surface area contributed by atoms with Gasteiger partial charge in [-0.15, -0.1) is 0 Å². The van der Waals surface area contributed by atoms with E-state index in [0.29, 0.717) is 5.56 Å². The first-order chi connectivity index (χ1) is 10.4. The lowest BCUT2D eigenvalue weighted by Gasteiger charge is -2.30. The molecule has 1 aliphatic heterocycles. The Bertz CT molecular complexity index is 743. The number of halogens is 4. The molecule has 0 radical (unpaired) electrons. The van der Waals surface area contributed by atoms with Gasteiger partial charge in [-0.3, -0.25) is 0 Å². The summed E-state index contributed by atoms with van der Waals surface area (Å²) in [6.45, 7) is 0. The Morgan fingerprint density at radius 1 is 1.05 bits per heavy atom. The summed E-state index contributed by atoms with van der Waals surface area (Å²) >= 11 is 3.44. The van der Waals surface area contributed by atoms with Crippen LogP contribution in [0.15, 0.2) is 53.0 Å². The van der Waals surface area contributed by atoms with Crippen molar-refractivity contribution in [2.24, 2.45) is 0 Å². The van der Waals surface area contributed by atoms with E-state index in [9.17, 15) is 13.2 Å². The first-order valence-electron chi connectivity index (χ1n) is 7.04. The van der Waals surface area contributed by atoms with Crippen molar-refractivity contribution in [2.45, 2.75) is 23.6 Å². The van der Waals surface area contributed by atoms with E-state index < -0.39 is 23.6 Å². The smallest absolute Gasteiger partial charge is 0.369 e. The van der Waals surface area contributed by atoms with Crippen molar-refractivity contribution in [1.29, 1.82) is 0 Å². The molecule has 1 aliphatic carbocycles. The zero-order valence-electron chi connectivity index (χ0n) is 11.7. The number of rotatable bonds is 1. The van der Waals surface area contributed by atoms with Crippen molar-refractivity contribution in [3.8, 4) is 0 Å². The van der Waals surface area contributed by atoms with E-state index in [-0.39, 0.29) is 0 Å².